The van der Waals surface area contributed by atoms with Crippen molar-refractivity contribution in [2.45, 2.75) is 59.3 Å². The Morgan fingerprint density at radius 3 is 2.38 bits per heavy atom. The van der Waals surface area contributed by atoms with Crippen LogP contribution in [0.4, 0.5) is 0 Å². The van der Waals surface area contributed by atoms with Gasteiger partial charge in [-0.2, -0.15) is 0 Å². The molecule has 1 heterocycles. The first kappa shape index (κ1) is 13.1. The molecule has 0 saturated carbocycles. The fourth-order valence-corrected chi connectivity index (χ4v) is 1.78. The maximum absolute atomic E-state index is 5.73. The van der Waals surface area contributed by atoms with Gasteiger partial charge in [-0.15, -0.1) is 0 Å². The van der Waals surface area contributed by atoms with E-state index in [-0.39, 0.29) is 0 Å². The SMILES string of the molecule is CCCCc1cc(OCC)oc1CCCC. The highest BCUT2D eigenvalue weighted by atomic mass is 16.6. The summed E-state index contributed by atoms with van der Waals surface area (Å²) in [4.78, 5) is 0. The van der Waals surface area contributed by atoms with E-state index in [4.69, 9.17) is 9.15 Å². The summed E-state index contributed by atoms with van der Waals surface area (Å²) in [5.41, 5.74) is 1.35. The Morgan fingerprint density at radius 1 is 1.06 bits per heavy atom. The molecule has 0 amide bonds. The molecule has 16 heavy (non-hydrogen) atoms. The zero-order chi connectivity index (χ0) is 11.8. The lowest BCUT2D eigenvalue weighted by Gasteiger charge is -2.00. The van der Waals surface area contributed by atoms with E-state index in [1.165, 1.54) is 31.2 Å². The molecular formula is C14H24O2. The molecule has 0 aromatic carbocycles. The van der Waals surface area contributed by atoms with E-state index in [1.807, 2.05) is 6.92 Å². The van der Waals surface area contributed by atoms with Crippen LogP contribution < -0.4 is 4.74 Å². The molecule has 0 aliphatic carbocycles. The van der Waals surface area contributed by atoms with Gasteiger partial charge < -0.3 is 9.15 Å². The van der Waals surface area contributed by atoms with E-state index in [2.05, 4.69) is 19.9 Å². The summed E-state index contributed by atoms with van der Waals surface area (Å²) in [6.45, 7) is 7.08. The maximum Gasteiger partial charge on any atom is 0.284 e. The Bertz CT molecular complexity index is 263. The lowest BCUT2D eigenvalue weighted by atomic mass is 10.1. The van der Waals surface area contributed by atoms with E-state index >= 15 is 0 Å². The minimum atomic E-state index is 0.675. The van der Waals surface area contributed by atoms with Crippen molar-refractivity contribution in [2.24, 2.45) is 0 Å². The third-order valence-electron chi connectivity index (χ3n) is 2.72. The molecule has 0 fully saturated rings. The molecule has 0 aliphatic heterocycles. The number of hydrogen-bond donors (Lipinski definition) is 0. The van der Waals surface area contributed by atoms with Crippen molar-refractivity contribution in [1.82, 2.24) is 0 Å². The first-order chi connectivity index (χ1) is 7.81. The van der Waals surface area contributed by atoms with Gasteiger partial charge in [0.25, 0.3) is 5.95 Å². The van der Waals surface area contributed by atoms with Crippen molar-refractivity contribution in [1.29, 1.82) is 0 Å². The van der Waals surface area contributed by atoms with Crippen molar-refractivity contribution >= 4 is 0 Å². The second-order valence-corrected chi connectivity index (χ2v) is 4.15. The first-order valence-electron chi connectivity index (χ1n) is 6.56. The quantitative estimate of drug-likeness (QED) is 0.654. The van der Waals surface area contributed by atoms with Crippen molar-refractivity contribution in [3.63, 3.8) is 0 Å². The summed E-state index contributed by atoms with van der Waals surface area (Å²) in [6, 6.07) is 2.07. The van der Waals surface area contributed by atoms with E-state index in [9.17, 15) is 0 Å². The molecule has 0 aliphatic rings. The van der Waals surface area contributed by atoms with E-state index in [1.54, 1.807) is 0 Å². The summed E-state index contributed by atoms with van der Waals surface area (Å²) < 4.78 is 11.2. The Labute approximate surface area is 99.0 Å². The van der Waals surface area contributed by atoms with Crippen molar-refractivity contribution in [2.75, 3.05) is 6.61 Å². The van der Waals surface area contributed by atoms with E-state index in [0.29, 0.717) is 12.6 Å². The summed E-state index contributed by atoms with van der Waals surface area (Å²) >= 11 is 0. The summed E-state index contributed by atoms with van der Waals surface area (Å²) in [7, 11) is 0. The highest BCUT2D eigenvalue weighted by molar-refractivity contribution is 5.25. The van der Waals surface area contributed by atoms with Gasteiger partial charge >= 0.3 is 0 Å². The molecule has 0 atom stereocenters. The van der Waals surface area contributed by atoms with Crippen LogP contribution in [0, 0.1) is 0 Å². The number of furan rings is 1. The molecule has 1 aromatic heterocycles. The predicted molar refractivity (Wildman–Crippen MR) is 67.1 cm³/mol. The van der Waals surface area contributed by atoms with Crippen LogP contribution in [0.3, 0.4) is 0 Å². The average Bonchev–Trinajstić information content (AvgIpc) is 2.66. The van der Waals surface area contributed by atoms with Gasteiger partial charge in [-0.25, -0.2) is 0 Å². The molecule has 0 saturated heterocycles. The first-order valence-corrected chi connectivity index (χ1v) is 6.56. The van der Waals surface area contributed by atoms with Crippen molar-refractivity contribution < 1.29 is 9.15 Å². The van der Waals surface area contributed by atoms with Gasteiger partial charge in [-0.1, -0.05) is 26.7 Å². The number of aryl methyl sites for hydroxylation is 2. The van der Waals surface area contributed by atoms with Crippen LogP contribution in [0.2, 0.25) is 0 Å². The molecule has 0 N–H and O–H groups in total. The number of ether oxygens (including phenoxy) is 1. The van der Waals surface area contributed by atoms with Crippen LogP contribution in [-0.2, 0) is 12.8 Å². The fraction of sp³-hybridized carbons (Fsp3) is 0.714. The van der Waals surface area contributed by atoms with Gasteiger partial charge in [0.05, 0.1) is 6.61 Å². The van der Waals surface area contributed by atoms with E-state index in [0.717, 1.165) is 18.6 Å². The van der Waals surface area contributed by atoms with Gasteiger partial charge in [-0.05, 0) is 31.7 Å². The number of unbranched alkanes of at least 4 members (excludes halogenated alkanes) is 2. The highest BCUT2D eigenvalue weighted by Crippen LogP contribution is 2.25. The summed E-state index contributed by atoms with van der Waals surface area (Å²) in [5, 5.41) is 0. The zero-order valence-electron chi connectivity index (χ0n) is 10.8. The molecule has 2 nitrogen and oxygen atoms in total. The lowest BCUT2D eigenvalue weighted by Crippen LogP contribution is -1.89. The standard InChI is InChI=1S/C14H24O2/c1-4-7-9-12-11-14(15-6-3)16-13(12)10-8-5-2/h11H,4-10H2,1-3H3. The molecule has 2 heteroatoms. The molecule has 92 valence electrons. The minimum absolute atomic E-state index is 0.675. The Kier molecular flexibility index (Phi) is 6.05. The number of rotatable bonds is 8. The van der Waals surface area contributed by atoms with Crippen LogP contribution >= 0.6 is 0 Å². The monoisotopic (exact) mass is 224 g/mol. The Morgan fingerprint density at radius 2 is 1.75 bits per heavy atom. The highest BCUT2D eigenvalue weighted by Gasteiger charge is 2.10. The average molecular weight is 224 g/mol. The molecular weight excluding hydrogens is 200 g/mol. The van der Waals surface area contributed by atoms with Crippen molar-refractivity contribution in [3.8, 4) is 5.95 Å². The van der Waals surface area contributed by atoms with Gasteiger partial charge in [0, 0.05) is 12.5 Å². The molecule has 0 spiro atoms. The fourth-order valence-electron chi connectivity index (χ4n) is 1.78. The Balaban J connectivity index is 2.67. The third-order valence-corrected chi connectivity index (χ3v) is 2.72. The maximum atomic E-state index is 5.73. The molecule has 0 unspecified atom stereocenters. The van der Waals surface area contributed by atoms with Crippen LogP contribution in [0.5, 0.6) is 5.95 Å². The van der Waals surface area contributed by atoms with Crippen LogP contribution in [0.1, 0.15) is 57.8 Å². The van der Waals surface area contributed by atoms with Crippen molar-refractivity contribution in [3.05, 3.63) is 17.4 Å². The predicted octanol–water partition coefficient (Wildman–Crippen LogP) is 4.36. The summed E-state index contributed by atoms with van der Waals surface area (Å²) in [6.07, 6.45) is 7.01. The topological polar surface area (TPSA) is 22.4 Å². The zero-order valence-corrected chi connectivity index (χ0v) is 10.8. The van der Waals surface area contributed by atoms with E-state index < -0.39 is 0 Å². The van der Waals surface area contributed by atoms with Gasteiger partial charge in [0.2, 0.25) is 0 Å². The number of hydrogen-bond acceptors (Lipinski definition) is 2. The van der Waals surface area contributed by atoms with Gasteiger partial charge in [0.1, 0.15) is 5.76 Å². The molecule has 0 radical (unpaired) electrons. The third kappa shape index (κ3) is 3.92. The van der Waals surface area contributed by atoms with Crippen LogP contribution in [0.25, 0.3) is 0 Å². The second kappa shape index (κ2) is 7.37. The van der Waals surface area contributed by atoms with Gasteiger partial charge in [0.15, 0.2) is 0 Å². The summed E-state index contributed by atoms with van der Waals surface area (Å²) in [5.74, 6) is 1.83. The lowest BCUT2D eigenvalue weighted by molar-refractivity contribution is 0.250. The smallest absolute Gasteiger partial charge is 0.284 e. The van der Waals surface area contributed by atoms with Crippen LogP contribution in [-0.4, -0.2) is 6.61 Å². The molecule has 0 bridgehead atoms. The van der Waals surface area contributed by atoms with Crippen LogP contribution in [0.15, 0.2) is 10.5 Å². The second-order valence-electron chi connectivity index (χ2n) is 4.15. The minimum Gasteiger partial charge on any atom is -0.465 e. The largest absolute Gasteiger partial charge is 0.465 e. The molecule has 1 aromatic rings. The normalized spacial score (nSPS) is 10.7. The van der Waals surface area contributed by atoms with Gasteiger partial charge in [-0.3, -0.25) is 0 Å². The Hall–Kier alpha value is -0.920. The molecule has 1 rings (SSSR count).